The van der Waals surface area contributed by atoms with Crippen molar-refractivity contribution >= 4 is 11.5 Å². The van der Waals surface area contributed by atoms with E-state index in [2.05, 4.69) is 0 Å². The summed E-state index contributed by atoms with van der Waals surface area (Å²) in [5.41, 5.74) is 4.97. The molecule has 0 radical (unpaired) electrons. The van der Waals surface area contributed by atoms with Gasteiger partial charge in [-0.25, -0.2) is 18.8 Å². The van der Waals surface area contributed by atoms with Crippen molar-refractivity contribution in [3.8, 4) is 11.8 Å². The van der Waals surface area contributed by atoms with Crippen LogP contribution in [0.4, 0.5) is 5.69 Å². The van der Waals surface area contributed by atoms with Gasteiger partial charge in [0, 0.05) is 12.1 Å². The number of aromatic nitrogens is 3. The van der Waals surface area contributed by atoms with Crippen LogP contribution in [0.5, 0.6) is 0 Å². The van der Waals surface area contributed by atoms with Crippen LogP contribution in [0.15, 0.2) is 69.8 Å². The smallest absolute Gasteiger partial charge is 0.358 e. The number of benzene rings is 2. The molecule has 0 fully saturated rings. The number of hydrogen-bond acceptors (Lipinski definition) is 6. The number of nitriles is 1. The molecule has 2 aromatic carbocycles. The van der Waals surface area contributed by atoms with Gasteiger partial charge in [-0.05, 0) is 17.7 Å². The Bertz CT molecular complexity index is 1310. The summed E-state index contributed by atoms with van der Waals surface area (Å²) in [5.74, 6) is -0.184. The normalized spacial score (nSPS) is 15.3. The van der Waals surface area contributed by atoms with Crippen molar-refractivity contribution in [2.24, 2.45) is 5.73 Å². The molecule has 1 aliphatic rings. The summed E-state index contributed by atoms with van der Waals surface area (Å²) in [6.45, 7) is 0. The molecule has 0 bridgehead atoms. The molecule has 10 nitrogen and oxygen atoms in total. The Morgan fingerprint density at radius 2 is 1.79 bits per heavy atom. The van der Waals surface area contributed by atoms with E-state index < -0.39 is 22.3 Å². The average molecular weight is 376 g/mol. The van der Waals surface area contributed by atoms with Crippen molar-refractivity contribution in [2.75, 3.05) is 0 Å². The maximum atomic E-state index is 13.1. The molecule has 2 N–H and O–H groups in total. The third-order valence-corrected chi connectivity index (χ3v) is 4.53. The van der Waals surface area contributed by atoms with Crippen molar-refractivity contribution in [3.63, 3.8) is 0 Å². The van der Waals surface area contributed by atoms with E-state index in [9.17, 15) is 25.0 Å². The van der Waals surface area contributed by atoms with Gasteiger partial charge >= 0.3 is 11.4 Å². The molecule has 1 aromatic heterocycles. The second-order valence-corrected chi connectivity index (χ2v) is 6.06. The van der Waals surface area contributed by atoms with Crippen LogP contribution >= 0.6 is 0 Å². The van der Waals surface area contributed by atoms with E-state index in [-0.39, 0.29) is 17.1 Å². The topological polar surface area (TPSA) is 142 Å². The SMILES string of the molecule is N#CC1=C(N)n2c(=O)n(-c3ccccc3)c(=O)n2C1c1cccc([N+](=O)[O-])c1. The molecule has 3 aromatic rings. The van der Waals surface area contributed by atoms with Crippen LogP contribution in [0.2, 0.25) is 0 Å². The number of allylic oxidation sites excluding steroid dienone is 1. The molecule has 10 heteroatoms. The number of nitro benzene ring substituents is 1. The van der Waals surface area contributed by atoms with Crippen LogP contribution in [0.25, 0.3) is 11.5 Å². The first kappa shape index (κ1) is 17.0. The molecule has 138 valence electrons. The minimum atomic E-state index is -1.05. The Labute approximate surface area is 156 Å². The summed E-state index contributed by atoms with van der Waals surface area (Å²) >= 11 is 0. The Kier molecular flexibility index (Phi) is 3.71. The molecule has 1 unspecified atom stereocenters. The monoisotopic (exact) mass is 376 g/mol. The maximum Gasteiger partial charge on any atom is 0.358 e. The first-order valence-electron chi connectivity index (χ1n) is 8.12. The van der Waals surface area contributed by atoms with E-state index in [1.165, 1.54) is 24.3 Å². The van der Waals surface area contributed by atoms with E-state index >= 15 is 0 Å². The zero-order valence-corrected chi connectivity index (χ0v) is 14.2. The maximum absolute atomic E-state index is 13.1. The number of nitrogens with two attached hydrogens (primary N) is 1. The second-order valence-electron chi connectivity index (χ2n) is 6.06. The lowest BCUT2D eigenvalue weighted by atomic mass is 10.00. The van der Waals surface area contributed by atoms with Crippen LogP contribution in [0.1, 0.15) is 11.6 Å². The number of para-hydroxylation sites is 1. The molecular weight excluding hydrogens is 364 g/mol. The third kappa shape index (κ3) is 2.27. The summed E-state index contributed by atoms with van der Waals surface area (Å²) in [7, 11) is 0. The van der Waals surface area contributed by atoms with E-state index in [1.807, 2.05) is 6.07 Å². The summed E-state index contributed by atoms with van der Waals surface area (Å²) in [6, 6.07) is 14.7. The van der Waals surface area contributed by atoms with Crippen LogP contribution in [-0.4, -0.2) is 18.9 Å². The molecule has 0 saturated carbocycles. The number of fused-ring (bicyclic) bond motifs is 1. The van der Waals surface area contributed by atoms with Gasteiger partial charge in [-0.1, -0.05) is 30.3 Å². The van der Waals surface area contributed by atoms with Gasteiger partial charge < -0.3 is 5.73 Å². The van der Waals surface area contributed by atoms with Gasteiger partial charge in [0.1, 0.15) is 23.5 Å². The van der Waals surface area contributed by atoms with Gasteiger partial charge in [-0.15, -0.1) is 0 Å². The minimum absolute atomic E-state index is 0.0325. The summed E-state index contributed by atoms with van der Waals surface area (Å²) < 4.78 is 2.91. The van der Waals surface area contributed by atoms with E-state index in [0.29, 0.717) is 11.3 Å². The van der Waals surface area contributed by atoms with Crippen LogP contribution in [0, 0.1) is 21.4 Å². The molecule has 0 aliphatic carbocycles. The van der Waals surface area contributed by atoms with Gasteiger partial charge in [0.25, 0.3) is 5.69 Å². The van der Waals surface area contributed by atoms with Crippen LogP contribution < -0.4 is 17.1 Å². The van der Waals surface area contributed by atoms with Crippen LogP contribution in [0.3, 0.4) is 0 Å². The standard InChI is InChI=1S/C18H12N6O4/c19-10-14-15(11-5-4-8-13(9-11)24(27)28)22-17(25)21(12-6-2-1-3-7-12)18(26)23(22)16(14)20/h1-9,15H,20H2. The molecule has 1 aliphatic heterocycles. The Balaban J connectivity index is 2.02. The predicted molar refractivity (Wildman–Crippen MR) is 98.5 cm³/mol. The average Bonchev–Trinajstić information content (AvgIpc) is 3.14. The summed E-state index contributed by atoms with van der Waals surface area (Å²) in [5, 5.41) is 20.7. The Morgan fingerprint density at radius 1 is 1.07 bits per heavy atom. The number of hydrogen-bond donors (Lipinski definition) is 1. The van der Waals surface area contributed by atoms with Gasteiger partial charge in [0.2, 0.25) is 0 Å². The van der Waals surface area contributed by atoms with Crippen LogP contribution in [-0.2, 0) is 0 Å². The lowest BCUT2D eigenvalue weighted by Crippen LogP contribution is -2.30. The van der Waals surface area contributed by atoms with Gasteiger partial charge in [-0.3, -0.25) is 10.1 Å². The molecule has 1 atom stereocenters. The summed E-state index contributed by atoms with van der Waals surface area (Å²) in [4.78, 5) is 36.5. The molecule has 4 rings (SSSR count). The second kappa shape index (κ2) is 6.10. The number of rotatable bonds is 3. The van der Waals surface area contributed by atoms with Gasteiger partial charge in [0.15, 0.2) is 0 Å². The number of nitrogens with zero attached hydrogens (tertiary/aromatic N) is 5. The first-order chi connectivity index (χ1) is 13.5. The quantitative estimate of drug-likeness (QED) is 0.533. The highest BCUT2D eigenvalue weighted by Crippen LogP contribution is 2.33. The first-order valence-corrected chi connectivity index (χ1v) is 8.12. The Morgan fingerprint density at radius 3 is 2.43 bits per heavy atom. The van der Waals surface area contributed by atoms with Crippen molar-refractivity contribution in [1.29, 1.82) is 5.26 Å². The zero-order valence-electron chi connectivity index (χ0n) is 14.2. The Hall–Kier alpha value is -4.39. The van der Waals surface area contributed by atoms with E-state index in [1.54, 1.807) is 30.3 Å². The molecule has 2 heterocycles. The summed E-state index contributed by atoms with van der Waals surface area (Å²) in [6.07, 6.45) is 0. The number of nitro groups is 1. The van der Waals surface area contributed by atoms with E-state index in [0.717, 1.165) is 13.9 Å². The van der Waals surface area contributed by atoms with Gasteiger partial charge in [0.05, 0.1) is 10.6 Å². The van der Waals surface area contributed by atoms with Crippen molar-refractivity contribution in [3.05, 3.63) is 96.8 Å². The van der Waals surface area contributed by atoms with Crippen molar-refractivity contribution in [1.82, 2.24) is 13.9 Å². The van der Waals surface area contributed by atoms with Crippen molar-refractivity contribution < 1.29 is 4.92 Å². The predicted octanol–water partition coefficient (Wildman–Crippen LogP) is 0.963. The fraction of sp³-hybridized carbons (Fsp3) is 0.0556. The number of non-ortho nitro benzene ring substituents is 1. The molecular formula is C18H12N6O4. The van der Waals surface area contributed by atoms with Crippen molar-refractivity contribution in [2.45, 2.75) is 6.04 Å². The molecule has 0 amide bonds. The lowest BCUT2D eigenvalue weighted by molar-refractivity contribution is -0.384. The fourth-order valence-corrected chi connectivity index (χ4v) is 3.31. The minimum Gasteiger partial charge on any atom is -0.383 e. The third-order valence-electron chi connectivity index (χ3n) is 4.53. The highest BCUT2D eigenvalue weighted by Gasteiger charge is 2.37. The highest BCUT2D eigenvalue weighted by atomic mass is 16.6. The highest BCUT2D eigenvalue weighted by molar-refractivity contribution is 5.60. The van der Waals surface area contributed by atoms with E-state index in [4.69, 9.17) is 5.73 Å². The largest absolute Gasteiger partial charge is 0.383 e. The molecule has 28 heavy (non-hydrogen) atoms. The molecule has 0 spiro atoms. The lowest BCUT2D eigenvalue weighted by Gasteiger charge is -2.12. The molecule has 0 saturated heterocycles. The van der Waals surface area contributed by atoms with Gasteiger partial charge in [-0.2, -0.15) is 9.94 Å². The fourth-order valence-electron chi connectivity index (χ4n) is 3.31. The zero-order chi connectivity index (χ0) is 20.0.